The Labute approximate surface area is 122 Å². The number of ether oxygens (including phenoxy) is 1. The van der Waals surface area contributed by atoms with Crippen LogP contribution in [0.5, 0.6) is 0 Å². The fraction of sp³-hybridized carbons (Fsp3) is 0.714. The number of halogens is 1. The van der Waals surface area contributed by atoms with Gasteiger partial charge >= 0.3 is 5.97 Å². The number of carbonyl (C=O) groups is 2. The highest BCUT2D eigenvalue weighted by Crippen LogP contribution is 2.53. The van der Waals surface area contributed by atoms with E-state index in [0.717, 1.165) is 12.8 Å². The summed E-state index contributed by atoms with van der Waals surface area (Å²) < 4.78 is 5.31. The molecule has 0 radical (unpaired) electrons. The number of rotatable bonds is 4. The number of fused-ring (bicyclic) bond motifs is 1. The lowest BCUT2D eigenvalue weighted by Gasteiger charge is -2.54. The Balaban J connectivity index is 1.95. The molecule has 2 aliphatic heterocycles. The van der Waals surface area contributed by atoms with E-state index in [-0.39, 0.29) is 11.8 Å². The van der Waals surface area contributed by atoms with E-state index in [2.05, 4.69) is 5.32 Å². The summed E-state index contributed by atoms with van der Waals surface area (Å²) in [6, 6.07) is 0. The summed E-state index contributed by atoms with van der Waals surface area (Å²) in [5.74, 6) is -1.13. The number of aliphatic hydroxyl groups excluding tert-OH is 1. The van der Waals surface area contributed by atoms with Gasteiger partial charge in [-0.3, -0.25) is 4.79 Å². The van der Waals surface area contributed by atoms with Crippen LogP contribution in [-0.4, -0.2) is 40.1 Å². The predicted octanol–water partition coefficient (Wildman–Crippen LogP) is 0.743. The van der Waals surface area contributed by atoms with Crippen molar-refractivity contribution in [2.75, 3.05) is 5.88 Å². The summed E-state index contributed by atoms with van der Waals surface area (Å²) in [5, 5.41) is 13.4. The Morgan fingerprint density at radius 3 is 2.90 bits per heavy atom. The van der Waals surface area contributed by atoms with E-state index in [4.69, 9.17) is 16.3 Å². The van der Waals surface area contributed by atoms with Crippen molar-refractivity contribution >= 4 is 23.5 Å². The average molecular weight is 300 g/mol. The number of alkyl halides is 1. The van der Waals surface area contributed by atoms with Gasteiger partial charge in [-0.05, 0) is 26.2 Å². The second-order valence-electron chi connectivity index (χ2n) is 5.94. The zero-order valence-corrected chi connectivity index (χ0v) is 12.0. The van der Waals surface area contributed by atoms with E-state index in [0.29, 0.717) is 12.3 Å². The van der Waals surface area contributed by atoms with Crippen LogP contribution in [0.4, 0.5) is 0 Å². The Morgan fingerprint density at radius 1 is 1.60 bits per heavy atom. The Kier molecular flexibility index (Phi) is 3.10. The maximum Gasteiger partial charge on any atom is 0.339 e. The Morgan fingerprint density at radius 2 is 2.35 bits per heavy atom. The maximum absolute atomic E-state index is 12.2. The van der Waals surface area contributed by atoms with Gasteiger partial charge in [0.2, 0.25) is 11.4 Å². The fourth-order valence-electron chi connectivity index (χ4n) is 3.81. The summed E-state index contributed by atoms with van der Waals surface area (Å²) in [6.45, 7) is 1.71. The minimum Gasteiger partial charge on any atom is -0.453 e. The van der Waals surface area contributed by atoms with Crippen molar-refractivity contribution in [1.29, 1.82) is 0 Å². The molecule has 2 saturated heterocycles. The number of nitrogens with one attached hydrogen (secondary N) is 1. The molecule has 110 valence electrons. The maximum atomic E-state index is 12.2. The molecule has 3 aliphatic rings. The van der Waals surface area contributed by atoms with Crippen LogP contribution in [0.15, 0.2) is 12.2 Å². The lowest BCUT2D eigenvalue weighted by atomic mass is 9.65. The van der Waals surface area contributed by atoms with Crippen LogP contribution in [0.25, 0.3) is 0 Å². The van der Waals surface area contributed by atoms with Crippen LogP contribution >= 0.6 is 11.6 Å². The third-order valence-corrected chi connectivity index (χ3v) is 5.23. The minimum atomic E-state index is -1.32. The number of hydrogen-bond donors (Lipinski definition) is 2. The van der Waals surface area contributed by atoms with Crippen LogP contribution in [0.2, 0.25) is 0 Å². The quantitative estimate of drug-likeness (QED) is 0.456. The summed E-state index contributed by atoms with van der Waals surface area (Å²) in [4.78, 5) is 24.2. The van der Waals surface area contributed by atoms with E-state index in [9.17, 15) is 14.7 Å². The number of carbonyl (C=O) groups excluding carboxylic acids is 2. The molecule has 6 heteroatoms. The van der Waals surface area contributed by atoms with Gasteiger partial charge in [0.25, 0.3) is 0 Å². The highest BCUT2D eigenvalue weighted by Gasteiger charge is 2.79. The van der Waals surface area contributed by atoms with Crippen molar-refractivity contribution in [3.8, 4) is 0 Å². The second kappa shape index (κ2) is 4.46. The fourth-order valence-corrected chi connectivity index (χ4v) is 4.02. The van der Waals surface area contributed by atoms with Crippen LogP contribution in [0.3, 0.4) is 0 Å². The van der Waals surface area contributed by atoms with Crippen molar-refractivity contribution in [3.05, 3.63) is 12.2 Å². The Bertz CT molecular complexity index is 494. The smallest absolute Gasteiger partial charge is 0.339 e. The van der Waals surface area contributed by atoms with Crippen LogP contribution in [0.1, 0.15) is 26.2 Å². The molecule has 0 unspecified atom stereocenters. The SMILES string of the molecule is C[C@@]12OC(=O)[C@]1([C@@H](O)[C@@H]1C=CCC1)NC(=O)[C@@H]2CCCl. The summed E-state index contributed by atoms with van der Waals surface area (Å²) >= 11 is 5.74. The van der Waals surface area contributed by atoms with Gasteiger partial charge in [0.1, 0.15) is 0 Å². The molecule has 5 nitrogen and oxygen atoms in total. The third-order valence-electron chi connectivity index (χ3n) is 5.01. The lowest BCUT2D eigenvalue weighted by Crippen LogP contribution is -2.80. The first-order chi connectivity index (χ1) is 9.47. The number of allylic oxidation sites excluding steroid dienone is 1. The molecule has 0 saturated carbocycles. The zero-order chi connectivity index (χ0) is 14.5. The molecular weight excluding hydrogens is 282 g/mol. The zero-order valence-electron chi connectivity index (χ0n) is 11.3. The number of aliphatic hydroxyl groups is 1. The average Bonchev–Trinajstić information content (AvgIpc) is 2.98. The largest absolute Gasteiger partial charge is 0.453 e. The summed E-state index contributed by atoms with van der Waals surface area (Å²) in [6.07, 6.45) is 5.01. The van der Waals surface area contributed by atoms with Gasteiger partial charge in [-0.25, -0.2) is 4.79 Å². The minimum absolute atomic E-state index is 0.128. The first kappa shape index (κ1) is 13.9. The molecule has 1 amide bonds. The first-order valence-electron chi connectivity index (χ1n) is 6.93. The molecule has 3 rings (SSSR count). The van der Waals surface area contributed by atoms with Gasteiger partial charge in [0, 0.05) is 11.8 Å². The molecule has 0 aromatic rings. The van der Waals surface area contributed by atoms with Gasteiger partial charge in [-0.1, -0.05) is 12.2 Å². The van der Waals surface area contributed by atoms with Gasteiger partial charge in [-0.2, -0.15) is 0 Å². The first-order valence-corrected chi connectivity index (χ1v) is 7.47. The summed E-state index contributed by atoms with van der Waals surface area (Å²) in [5.41, 5.74) is -2.33. The van der Waals surface area contributed by atoms with Crippen molar-refractivity contribution in [2.24, 2.45) is 11.8 Å². The molecule has 1 aliphatic carbocycles. The van der Waals surface area contributed by atoms with Crippen molar-refractivity contribution in [2.45, 2.75) is 43.4 Å². The van der Waals surface area contributed by atoms with Gasteiger partial charge < -0.3 is 15.2 Å². The molecule has 0 spiro atoms. The highest BCUT2D eigenvalue weighted by molar-refractivity contribution is 6.18. The molecular formula is C14H18ClNO4. The number of esters is 1. The highest BCUT2D eigenvalue weighted by atomic mass is 35.5. The summed E-state index contributed by atoms with van der Waals surface area (Å²) in [7, 11) is 0. The second-order valence-corrected chi connectivity index (χ2v) is 6.32. The normalized spacial score (nSPS) is 43.8. The monoisotopic (exact) mass is 299 g/mol. The van der Waals surface area contributed by atoms with E-state index in [1.807, 2.05) is 12.2 Å². The molecule has 20 heavy (non-hydrogen) atoms. The van der Waals surface area contributed by atoms with Crippen LogP contribution in [0, 0.1) is 11.8 Å². The molecule has 0 bridgehead atoms. The van der Waals surface area contributed by atoms with Crippen LogP contribution < -0.4 is 5.32 Å². The topological polar surface area (TPSA) is 75.6 Å². The lowest BCUT2D eigenvalue weighted by molar-refractivity contribution is -0.237. The van der Waals surface area contributed by atoms with Gasteiger partial charge in [-0.15, -0.1) is 11.6 Å². The molecule has 0 aromatic heterocycles. The predicted molar refractivity (Wildman–Crippen MR) is 72.1 cm³/mol. The van der Waals surface area contributed by atoms with Crippen molar-refractivity contribution in [3.63, 3.8) is 0 Å². The van der Waals surface area contributed by atoms with Gasteiger partial charge in [0.15, 0.2) is 5.60 Å². The van der Waals surface area contributed by atoms with Gasteiger partial charge in [0.05, 0.1) is 12.0 Å². The van der Waals surface area contributed by atoms with E-state index < -0.39 is 29.1 Å². The molecule has 2 N–H and O–H groups in total. The molecule has 2 heterocycles. The van der Waals surface area contributed by atoms with E-state index in [1.54, 1.807) is 6.92 Å². The number of hydrogen-bond acceptors (Lipinski definition) is 4. The standard InChI is InChI=1S/C14H18ClNO4/c1-13-9(6-7-15)11(18)16-14(13,12(19)20-13)10(17)8-4-2-3-5-8/h2,4,8-10,17H,3,5-7H2,1H3,(H,16,18)/t8-,9+,10+,13+,14+/m1/s1. The molecule has 5 atom stereocenters. The van der Waals surface area contributed by atoms with Crippen LogP contribution in [-0.2, 0) is 14.3 Å². The van der Waals surface area contributed by atoms with Crippen molar-refractivity contribution < 1.29 is 19.4 Å². The van der Waals surface area contributed by atoms with Crippen molar-refractivity contribution in [1.82, 2.24) is 5.32 Å². The molecule has 2 fully saturated rings. The molecule has 0 aromatic carbocycles. The van der Waals surface area contributed by atoms with E-state index in [1.165, 1.54) is 0 Å². The Hall–Kier alpha value is -1.07. The van der Waals surface area contributed by atoms with E-state index >= 15 is 0 Å². The number of amides is 1. The third kappa shape index (κ3) is 1.48.